The van der Waals surface area contributed by atoms with Gasteiger partial charge in [0.2, 0.25) is 5.88 Å². The second-order valence-corrected chi connectivity index (χ2v) is 3.66. The van der Waals surface area contributed by atoms with Crippen molar-refractivity contribution in [3.63, 3.8) is 0 Å². The fourth-order valence-corrected chi connectivity index (χ4v) is 1.44. The van der Waals surface area contributed by atoms with Crippen molar-refractivity contribution >= 4 is 11.7 Å². The summed E-state index contributed by atoms with van der Waals surface area (Å²) in [5.74, 6) is -2.50. The van der Waals surface area contributed by atoms with Crippen LogP contribution in [0.25, 0.3) is 0 Å². The van der Waals surface area contributed by atoms with Gasteiger partial charge in [-0.05, 0) is 12.1 Å². The molecule has 102 valence electrons. The lowest BCUT2D eigenvalue weighted by atomic mass is 10.2. The number of nitrogens with zero attached hydrogens (tertiary/aromatic N) is 2. The van der Waals surface area contributed by atoms with Crippen molar-refractivity contribution in [3.05, 3.63) is 58.0 Å². The van der Waals surface area contributed by atoms with Gasteiger partial charge in [0.05, 0.1) is 11.0 Å². The summed E-state index contributed by atoms with van der Waals surface area (Å²) in [4.78, 5) is 24.6. The highest BCUT2D eigenvalue weighted by atomic mass is 19.1. The third-order valence-electron chi connectivity index (χ3n) is 2.32. The van der Waals surface area contributed by atoms with E-state index in [0.717, 1.165) is 36.5 Å². The Morgan fingerprint density at radius 3 is 2.75 bits per heavy atom. The van der Waals surface area contributed by atoms with E-state index in [2.05, 4.69) is 4.98 Å². The number of hydrogen-bond donors (Lipinski definition) is 1. The smallest absolute Gasteiger partial charge is 0.339 e. The van der Waals surface area contributed by atoms with Gasteiger partial charge >= 0.3 is 5.97 Å². The van der Waals surface area contributed by atoms with Gasteiger partial charge < -0.3 is 9.84 Å². The van der Waals surface area contributed by atoms with E-state index >= 15 is 0 Å². The number of ether oxygens (including phenoxy) is 1. The van der Waals surface area contributed by atoms with E-state index in [1.165, 1.54) is 0 Å². The normalized spacial score (nSPS) is 10.1. The fraction of sp³-hybridized carbons (Fsp3) is 0. The first kappa shape index (κ1) is 13.4. The Morgan fingerprint density at radius 2 is 2.10 bits per heavy atom. The van der Waals surface area contributed by atoms with Gasteiger partial charge in [-0.25, -0.2) is 14.2 Å². The van der Waals surface area contributed by atoms with Crippen LogP contribution in [0.5, 0.6) is 11.6 Å². The highest BCUT2D eigenvalue weighted by Crippen LogP contribution is 2.27. The van der Waals surface area contributed by atoms with Gasteiger partial charge in [-0.15, -0.1) is 0 Å². The van der Waals surface area contributed by atoms with Crippen LogP contribution in [0, 0.1) is 15.9 Å². The molecule has 0 aliphatic heterocycles. The average molecular weight is 278 g/mol. The standard InChI is InChI=1S/C12H7FN2O5/c13-7-1-2-9(12(16)17)10(5-7)20-11-6-8(15(18)19)3-4-14-11/h1-6H,(H,16,17). The van der Waals surface area contributed by atoms with Crippen LogP contribution >= 0.6 is 0 Å². The molecule has 0 aliphatic carbocycles. The van der Waals surface area contributed by atoms with E-state index in [1.807, 2.05) is 0 Å². The fourth-order valence-electron chi connectivity index (χ4n) is 1.44. The maximum absolute atomic E-state index is 13.1. The summed E-state index contributed by atoms with van der Waals surface area (Å²) < 4.78 is 18.2. The Bertz CT molecular complexity index is 689. The molecule has 0 fully saturated rings. The van der Waals surface area contributed by atoms with E-state index in [1.54, 1.807) is 0 Å². The molecule has 8 heteroatoms. The molecule has 0 amide bonds. The third-order valence-corrected chi connectivity index (χ3v) is 2.32. The first-order valence-corrected chi connectivity index (χ1v) is 5.28. The lowest BCUT2D eigenvalue weighted by Crippen LogP contribution is -2.01. The Labute approximate surface area is 111 Å². The van der Waals surface area contributed by atoms with Gasteiger partial charge in [-0.3, -0.25) is 10.1 Å². The zero-order valence-corrected chi connectivity index (χ0v) is 9.82. The lowest BCUT2D eigenvalue weighted by Gasteiger charge is -2.07. The molecule has 7 nitrogen and oxygen atoms in total. The summed E-state index contributed by atoms with van der Waals surface area (Å²) in [5.41, 5.74) is -0.553. The minimum absolute atomic E-state index is 0.202. The van der Waals surface area contributed by atoms with Gasteiger partial charge in [0.1, 0.15) is 17.1 Å². The summed E-state index contributed by atoms with van der Waals surface area (Å²) in [7, 11) is 0. The first-order valence-electron chi connectivity index (χ1n) is 5.28. The van der Waals surface area contributed by atoms with Crippen LogP contribution in [0.3, 0.4) is 0 Å². The molecule has 2 rings (SSSR count). The SMILES string of the molecule is O=C(O)c1ccc(F)cc1Oc1cc([N+](=O)[O-])ccn1. The summed E-state index contributed by atoms with van der Waals surface area (Å²) in [6.45, 7) is 0. The number of aromatic carboxylic acids is 1. The molecule has 0 radical (unpaired) electrons. The molecular weight excluding hydrogens is 271 g/mol. The van der Waals surface area contributed by atoms with Gasteiger partial charge in [0, 0.05) is 18.3 Å². The van der Waals surface area contributed by atoms with Crippen LogP contribution in [0.1, 0.15) is 10.4 Å². The number of nitro groups is 1. The quantitative estimate of drug-likeness (QED) is 0.681. The molecule has 0 saturated carbocycles. The largest absolute Gasteiger partial charge is 0.478 e. The minimum Gasteiger partial charge on any atom is -0.478 e. The Hall–Kier alpha value is -3.03. The van der Waals surface area contributed by atoms with Crippen molar-refractivity contribution in [2.24, 2.45) is 0 Å². The maximum atomic E-state index is 13.1. The minimum atomic E-state index is -1.31. The Kier molecular flexibility index (Phi) is 3.56. The summed E-state index contributed by atoms with van der Waals surface area (Å²) in [6, 6.07) is 5.03. The molecule has 0 aliphatic rings. The second kappa shape index (κ2) is 5.31. The van der Waals surface area contributed by atoms with Crippen molar-refractivity contribution in [2.45, 2.75) is 0 Å². The topological polar surface area (TPSA) is 103 Å². The number of carboxylic acids is 1. The number of rotatable bonds is 4. The van der Waals surface area contributed by atoms with E-state index in [9.17, 15) is 19.3 Å². The van der Waals surface area contributed by atoms with Crippen molar-refractivity contribution in [1.29, 1.82) is 0 Å². The van der Waals surface area contributed by atoms with Crippen LogP contribution < -0.4 is 4.74 Å². The van der Waals surface area contributed by atoms with Crippen molar-refractivity contribution in [2.75, 3.05) is 0 Å². The van der Waals surface area contributed by atoms with Crippen molar-refractivity contribution in [1.82, 2.24) is 4.98 Å². The summed E-state index contributed by atoms with van der Waals surface area (Å²) in [6.07, 6.45) is 1.13. The number of carboxylic acid groups (broad SMARTS) is 1. The predicted octanol–water partition coefficient (Wildman–Crippen LogP) is 2.62. The molecule has 1 N–H and O–H groups in total. The molecular formula is C12H7FN2O5. The van der Waals surface area contributed by atoms with Gasteiger partial charge in [0.25, 0.3) is 5.69 Å². The predicted molar refractivity (Wildman–Crippen MR) is 64.3 cm³/mol. The van der Waals surface area contributed by atoms with Gasteiger partial charge in [-0.2, -0.15) is 0 Å². The van der Waals surface area contributed by atoms with Crippen molar-refractivity contribution in [3.8, 4) is 11.6 Å². The number of carbonyl (C=O) groups is 1. The highest BCUT2D eigenvalue weighted by Gasteiger charge is 2.15. The average Bonchev–Trinajstić information content (AvgIpc) is 2.38. The van der Waals surface area contributed by atoms with Gasteiger partial charge in [-0.1, -0.05) is 0 Å². The Balaban J connectivity index is 2.39. The van der Waals surface area contributed by atoms with Gasteiger partial charge in [0.15, 0.2) is 0 Å². The molecule has 0 spiro atoms. The van der Waals surface area contributed by atoms with Crippen LogP contribution in [-0.4, -0.2) is 21.0 Å². The molecule has 0 saturated heterocycles. The number of pyridine rings is 1. The van der Waals surface area contributed by atoms with Crippen LogP contribution in [0.15, 0.2) is 36.5 Å². The number of hydrogen-bond acceptors (Lipinski definition) is 5. The molecule has 1 aromatic heterocycles. The highest BCUT2D eigenvalue weighted by molar-refractivity contribution is 5.90. The van der Waals surface area contributed by atoms with E-state index in [0.29, 0.717) is 0 Å². The number of halogens is 1. The maximum Gasteiger partial charge on any atom is 0.339 e. The molecule has 0 bridgehead atoms. The number of aromatic nitrogens is 1. The van der Waals surface area contributed by atoms with E-state index in [4.69, 9.17) is 9.84 Å². The zero-order chi connectivity index (χ0) is 14.7. The molecule has 1 aromatic carbocycles. The van der Waals surface area contributed by atoms with E-state index in [-0.39, 0.29) is 22.9 Å². The second-order valence-electron chi connectivity index (χ2n) is 3.66. The van der Waals surface area contributed by atoms with Crippen LogP contribution in [0.4, 0.5) is 10.1 Å². The zero-order valence-electron chi connectivity index (χ0n) is 9.82. The summed E-state index contributed by atoms with van der Waals surface area (Å²) >= 11 is 0. The molecule has 0 atom stereocenters. The van der Waals surface area contributed by atoms with Crippen LogP contribution in [0.2, 0.25) is 0 Å². The Morgan fingerprint density at radius 1 is 1.35 bits per heavy atom. The molecule has 0 unspecified atom stereocenters. The third kappa shape index (κ3) is 2.86. The van der Waals surface area contributed by atoms with Crippen molar-refractivity contribution < 1.29 is 24.0 Å². The number of benzene rings is 1. The first-order chi connectivity index (χ1) is 9.47. The monoisotopic (exact) mass is 278 g/mol. The van der Waals surface area contributed by atoms with Crippen LogP contribution in [-0.2, 0) is 0 Å². The molecule has 20 heavy (non-hydrogen) atoms. The summed E-state index contributed by atoms with van der Waals surface area (Å²) in [5, 5.41) is 19.5. The molecule has 2 aromatic rings. The molecule has 1 heterocycles. The van der Waals surface area contributed by atoms with E-state index < -0.39 is 16.7 Å². The lowest BCUT2D eigenvalue weighted by molar-refractivity contribution is -0.385.